The first kappa shape index (κ1) is 25.1. The van der Waals surface area contributed by atoms with Gasteiger partial charge in [0.05, 0.1) is 6.26 Å². The molecule has 0 radical (unpaired) electrons. The summed E-state index contributed by atoms with van der Waals surface area (Å²) in [6.45, 7) is 6.84. The summed E-state index contributed by atoms with van der Waals surface area (Å²) in [5.41, 5.74) is 2.30. The normalized spacial score (nSPS) is 15.8. The van der Waals surface area contributed by atoms with Crippen molar-refractivity contribution in [2.45, 2.75) is 26.2 Å². The summed E-state index contributed by atoms with van der Waals surface area (Å²) in [6, 6.07) is 11.6. The quantitative estimate of drug-likeness (QED) is 0.252. The van der Waals surface area contributed by atoms with Crippen LogP contribution >= 0.6 is 24.0 Å². The number of nitrogens with one attached hydrogen (secondary N) is 1. The summed E-state index contributed by atoms with van der Waals surface area (Å²) in [5, 5.41) is 3.34. The lowest BCUT2D eigenvalue weighted by Crippen LogP contribution is -2.53. The van der Waals surface area contributed by atoms with E-state index in [-0.39, 0.29) is 35.8 Å². The van der Waals surface area contributed by atoms with Crippen molar-refractivity contribution in [1.29, 1.82) is 0 Å². The average Bonchev–Trinajstić information content (AvgIpc) is 3.51. The minimum Gasteiger partial charge on any atom is -0.459 e. The highest BCUT2D eigenvalue weighted by molar-refractivity contribution is 14.0. The number of fused-ring (bicyclic) bond motifs is 1. The summed E-state index contributed by atoms with van der Waals surface area (Å²) >= 11 is 0. The van der Waals surface area contributed by atoms with Gasteiger partial charge in [-0.2, -0.15) is 0 Å². The Morgan fingerprint density at radius 3 is 2.52 bits per heavy atom. The van der Waals surface area contributed by atoms with Crippen LogP contribution in [0.1, 0.15) is 35.9 Å². The Labute approximate surface area is 212 Å². The number of para-hydroxylation sites is 1. The van der Waals surface area contributed by atoms with Crippen molar-refractivity contribution in [2.75, 3.05) is 50.7 Å². The van der Waals surface area contributed by atoms with Gasteiger partial charge >= 0.3 is 0 Å². The molecule has 2 amide bonds. The highest BCUT2D eigenvalue weighted by Crippen LogP contribution is 2.28. The second-order valence-corrected chi connectivity index (χ2v) is 8.02. The van der Waals surface area contributed by atoms with E-state index >= 15 is 0 Å². The first-order valence-corrected chi connectivity index (χ1v) is 11.4. The highest BCUT2D eigenvalue weighted by Gasteiger charge is 2.26. The number of hydrogen-bond acceptors (Lipinski definition) is 4. The molecule has 1 fully saturated rings. The molecule has 1 N–H and O–H groups in total. The molecule has 8 nitrogen and oxygen atoms in total. The van der Waals surface area contributed by atoms with Crippen LogP contribution in [0.25, 0.3) is 0 Å². The molecule has 0 saturated carbocycles. The lowest BCUT2D eigenvalue weighted by molar-refractivity contribution is -0.118. The molecule has 1 aromatic carbocycles. The van der Waals surface area contributed by atoms with Gasteiger partial charge in [-0.25, -0.2) is 0 Å². The van der Waals surface area contributed by atoms with Crippen LogP contribution in [-0.2, 0) is 11.2 Å². The van der Waals surface area contributed by atoms with Gasteiger partial charge < -0.3 is 24.4 Å². The Kier molecular flexibility index (Phi) is 9.16. The molecule has 2 aromatic rings. The van der Waals surface area contributed by atoms with Gasteiger partial charge in [0.2, 0.25) is 5.91 Å². The van der Waals surface area contributed by atoms with Crippen LogP contribution in [0, 0.1) is 0 Å². The zero-order valence-electron chi connectivity index (χ0n) is 19.0. The van der Waals surface area contributed by atoms with Crippen molar-refractivity contribution in [3.8, 4) is 0 Å². The molecular weight excluding hydrogens is 533 g/mol. The Morgan fingerprint density at radius 2 is 1.79 bits per heavy atom. The molecule has 2 aliphatic rings. The van der Waals surface area contributed by atoms with Crippen molar-refractivity contribution in [1.82, 2.24) is 15.1 Å². The van der Waals surface area contributed by atoms with Gasteiger partial charge in [-0.1, -0.05) is 18.2 Å². The van der Waals surface area contributed by atoms with E-state index in [1.807, 2.05) is 34.9 Å². The molecule has 9 heteroatoms. The van der Waals surface area contributed by atoms with Gasteiger partial charge in [0.15, 0.2) is 11.7 Å². The number of hydrogen-bond donors (Lipinski definition) is 1. The maximum atomic E-state index is 12.7. The first-order valence-electron chi connectivity index (χ1n) is 11.4. The molecule has 0 spiro atoms. The lowest BCUT2D eigenvalue weighted by Gasteiger charge is -2.36. The minimum absolute atomic E-state index is 0. The molecule has 2 aliphatic heterocycles. The summed E-state index contributed by atoms with van der Waals surface area (Å²) in [5.74, 6) is 1.32. The molecule has 178 valence electrons. The van der Waals surface area contributed by atoms with Gasteiger partial charge in [-0.3, -0.25) is 14.6 Å². The molecule has 3 heterocycles. The fourth-order valence-corrected chi connectivity index (χ4v) is 4.25. The van der Waals surface area contributed by atoms with Crippen LogP contribution in [0.3, 0.4) is 0 Å². The molecule has 0 atom stereocenters. The number of carbonyl (C=O) groups excluding carboxylic acids is 2. The molecule has 33 heavy (non-hydrogen) atoms. The number of guanidine groups is 1. The molecule has 4 rings (SSSR count). The first-order chi connectivity index (χ1) is 15.7. The number of piperazine rings is 1. The number of carbonyl (C=O) groups is 2. The van der Waals surface area contributed by atoms with Crippen LogP contribution in [0.4, 0.5) is 5.69 Å². The smallest absolute Gasteiger partial charge is 0.289 e. The number of furan rings is 1. The minimum atomic E-state index is -0.0708. The number of amides is 2. The number of aliphatic imine (C=N–C) groups is 1. The summed E-state index contributed by atoms with van der Waals surface area (Å²) in [4.78, 5) is 35.8. The number of anilines is 1. The summed E-state index contributed by atoms with van der Waals surface area (Å²) < 4.78 is 5.23. The predicted molar refractivity (Wildman–Crippen MR) is 139 cm³/mol. The zero-order valence-corrected chi connectivity index (χ0v) is 21.4. The van der Waals surface area contributed by atoms with E-state index < -0.39 is 0 Å². The van der Waals surface area contributed by atoms with Crippen LogP contribution in [0.5, 0.6) is 0 Å². The summed E-state index contributed by atoms with van der Waals surface area (Å²) in [6.07, 6.45) is 3.65. The molecule has 1 saturated heterocycles. The highest BCUT2D eigenvalue weighted by atomic mass is 127. The van der Waals surface area contributed by atoms with Crippen LogP contribution < -0.4 is 10.2 Å². The third-order valence-corrected chi connectivity index (χ3v) is 5.93. The zero-order chi connectivity index (χ0) is 22.3. The Balaban J connectivity index is 0.00000306. The van der Waals surface area contributed by atoms with E-state index in [4.69, 9.17) is 9.41 Å². The van der Waals surface area contributed by atoms with Gasteiger partial charge in [-0.15, -0.1) is 24.0 Å². The van der Waals surface area contributed by atoms with E-state index in [9.17, 15) is 9.59 Å². The van der Waals surface area contributed by atoms with Crippen molar-refractivity contribution >= 4 is 47.4 Å². The molecular formula is C24H32IN5O3. The SMILES string of the molecule is CCNC(=NCCCC(=O)N1CCc2ccccc21)N1CCN(C(=O)c2ccco2)CC1.I. The maximum Gasteiger partial charge on any atom is 0.289 e. The second kappa shape index (κ2) is 12.1. The Morgan fingerprint density at radius 1 is 1.03 bits per heavy atom. The standard InChI is InChI=1S/C24H31N5O3.HI/c1-2-25-24(28-16-14-27(15-17-28)23(31)21-9-6-18-32-21)26-12-5-10-22(30)29-13-11-19-7-3-4-8-20(19)29;/h3-4,6-9,18H,2,5,10-17H2,1H3,(H,25,26);1H. The van der Waals surface area contributed by atoms with Gasteiger partial charge in [0, 0.05) is 57.9 Å². The van der Waals surface area contributed by atoms with Crippen molar-refractivity contribution < 1.29 is 14.0 Å². The van der Waals surface area contributed by atoms with Crippen molar-refractivity contribution in [3.63, 3.8) is 0 Å². The molecule has 0 aliphatic carbocycles. The predicted octanol–water partition coefficient (Wildman–Crippen LogP) is 2.99. The Hall–Kier alpha value is -2.56. The molecule has 1 aromatic heterocycles. The van der Waals surface area contributed by atoms with Gasteiger partial charge in [-0.05, 0) is 43.5 Å². The molecule has 0 unspecified atom stereocenters. The fourth-order valence-electron chi connectivity index (χ4n) is 4.25. The average molecular weight is 565 g/mol. The van der Waals surface area contributed by atoms with E-state index in [0.29, 0.717) is 51.3 Å². The van der Waals surface area contributed by atoms with E-state index in [0.717, 1.165) is 31.2 Å². The number of benzene rings is 1. The lowest BCUT2D eigenvalue weighted by atomic mass is 10.2. The Bertz CT molecular complexity index is 955. The van der Waals surface area contributed by atoms with Crippen molar-refractivity contribution in [2.24, 2.45) is 4.99 Å². The summed E-state index contributed by atoms with van der Waals surface area (Å²) in [7, 11) is 0. The second-order valence-electron chi connectivity index (χ2n) is 8.02. The van der Waals surface area contributed by atoms with E-state index in [1.54, 1.807) is 12.1 Å². The van der Waals surface area contributed by atoms with E-state index in [2.05, 4.69) is 16.3 Å². The van der Waals surface area contributed by atoms with Crippen molar-refractivity contribution in [3.05, 3.63) is 54.0 Å². The third-order valence-electron chi connectivity index (χ3n) is 5.93. The topological polar surface area (TPSA) is 81.4 Å². The monoisotopic (exact) mass is 565 g/mol. The van der Waals surface area contributed by atoms with Gasteiger partial charge in [0.1, 0.15) is 0 Å². The largest absolute Gasteiger partial charge is 0.459 e. The number of nitrogens with zero attached hydrogens (tertiary/aromatic N) is 4. The van der Waals surface area contributed by atoms with E-state index in [1.165, 1.54) is 11.8 Å². The van der Waals surface area contributed by atoms with Gasteiger partial charge in [0.25, 0.3) is 5.91 Å². The van der Waals surface area contributed by atoms with Crippen LogP contribution in [0.2, 0.25) is 0 Å². The number of rotatable bonds is 6. The molecule has 0 bridgehead atoms. The fraction of sp³-hybridized carbons (Fsp3) is 0.458. The maximum absolute atomic E-state index is 12.7. The van der Waals surface area contributed by atoms with Crippen LogP contribution in [0.15, 0.2) is 52.1 Å². The third kappa shape index (κ3) is 6.07. The van der Waals surface area contributed by atoms with Crippen LogP contribution in [-0.4, -0.2) is 73.4 Å². The number of halogens is 1.